The Bertz CT molecular complexity index is 349. The molecule has 1 amide bonds. The van der Waals surface area contributed by atoms with Gasteiger partial charge in [-0.1, -0.05) is 19.1 Å². The summed E-state index contributed by atoms with van der Waals surface area (Å²) in [6.45, 7) is 3.29. The first-order valence-electron chi connectivity index (χ1n) is 5.76. The number of nitrogens with one attached hydrogen (secondary N) is 1. The quantitative estimate of drug-likeness (QED) is 0.693. The normalized spacial score (nSPS) is 12.1. The number of ether oxygens (including phenoxy) is 1. The summed E-state index contributed by atoms with van der Waals surface area (Å²) in [5.41, 5.74) is 6.41. The van der Waals surface area contributed by atoms with E-state index in [1.807, 2.05) is 31.2 Å². The molecule has 1 aromatic carbocycles. The molecule has 0 aliphatic heterocycles. The molecule has 1 aromatic rings. The summed E-state index contributed by atoms with van der Waals surface area (Å²) >= 11 is 0. The largest absolute Gasteiger partial charge is 0.497 e. The third kappa shape index (κ3) is 4.87. The molecule has 0 aliphatic carbocycles. The van der Waals surface area contributed by atoms with Crippen molar-refractivity contribution in [1.82, 2.24) is 5.32 Å². The Kier molecular flexibility index (Phi) is 5.49. The second-order valence-electron chi connectivity index (χ2n) is 4.11. The van der Waals surface area contributed by atoms with E-state index in [9.17, 15) is 4.79 Å². The van der Waals surface area contributed by atoms with Crippen LogP contribution in [0.25, 0.3) is 0 Å². The van der Waals surface area contributed by atoms with E-state index < -0.39 is 0 Å². The fraction of sp³-hybridized carbons (Fsp3) is 0.462. The summed E-state index contributed by atoms with van der Waals surface area (Å²) in [5, 5.41) is 3.21. The zero-order valence-corrected chi connectivity index (χ0v) is 10.4. The average Bonchev–Trinajstić information content (AvgIpc) is 2.35. The van der Waals surface area contributed by atoms with Gasteiger partial charge < -0.3 is 15.8 Å². The summed E-state index contributed by atoms with van der Waals surface area (Å²) in [5.74, 6) is 0.483. The highest BCUT2D eigenvalue weighted by Crippen LogP contribution is 2.11. The SMILES string of the molecule is COc1ccc(CCNCC(C)C(N)=O)cc1. The molecule has 0 saturated heterocycles. The van der Waals surface area contributed by atoms with Crippen LogP contribution in [0.5, 0.6) is 5.75 Å². The van der Waals surface area contributed by atoms with E-state index in [4.69, 9.17) is 10.5 Å². The van der Waals surface area contributed by atoms with Crippen molar-refractivity contribution in [3.63, 3.8) is 0 Å². The summed E-state index contributed by atoms with van der Waals surface area (Å²) in [6.07, 6.45) is 0.926. The number of benzene rings is 1. The standard InChI is InChI=1S/C13H20N2O2/c1-10(13(14)16)9-15-8-7-11-3-5-12(17-2)6-4-11/h3-6,10,15H,7-9H2,1-2H3,(H2,14,16). The van der Waals surface area contributed by atoms with Crippen LogP contribution in [-0.2, 0) is 11.2 Å². The first-order valence-corrected chi connectivity index (χ1v) is 5.76. The second-order valence-corrected chi connectivity index (χ2v) is 4.11. The van der Waals surface area contributed by atoms with Gasteiger partial charge in [0.25, 0.3) is 0 Å². The molecule has 0 bridgehead atoms. The lowest BCUT2D eigenvalue weighted by atomic mass is 10.1. The number of rotatable bonds is 7. The highest BCUT2D eigenvalue weighted by Gasteiger charge is 2.06. The number of primary amides is 1. The lowest BCUT2D eigenvalue weighted by Crippen LogP contribution is -2.31. The minimum absolute atomic E-state index is 0.120. The Morgan fingerprint density at radius 2 is 2.06 bits per heavy atom. The van der Waals surface area contributed by atoms with Crippen LogP contribution < -0.4 is 15.8 Å². The third-order valence-electron chi connectivity index (χ3n) is 2.69. The Labute approximate surface area is 102 Å². The maximum absolute atomic E-state index is 10.8. The molecule has 4 heteroatoms. The summed E-state index contributed by atoms with van der Waals surface area (Å²) < 4.78 is 5.09. The van der Waals surface area contributed by atoms with Crippen LogP contribution >= 0.6 is 0 Å². The monoisotopic (exact) mass is 236 g/mol. The second kappa shape index (κ2) is 6.91. The zero-order valence-electron chi connectivity index (χ0n) is 10.4. The molecular formula is C13H20N2O2. The molecule has 1 rings (SSSR count). The van der Waals surface area contributed by atoms with Crippen molar-refractivity contribution < 1.29 is 9.53 Å². The van der Waals surface area contributed by atoms with E-state index in [0.29, 0.717) is 6.54 Å². The molecule has 0 aliphatic rings. The highest BCUT2D eigenvalue weighted by atomic mass is 16.5. The molecule has 0 fully saturated rings. The number of hydrogen-bond donors (Lipinski definition) is 2. The minimum atomic E-state index is -0.262. The van der Waals surface area contributed by atoms with Gasteiger partial charge in [-0.15, -0.1) is 0 Å². The van der Waals surface area contributed by atoms with Gasteiger partial charge in [-0.3, -0.25) is 4.79 Å². The number of carbonyl (C=O) groups is 1. The number of hydrogen-bond acceptors (Lipinski definition) is 3. The van der Waals surface area contributed by atoms with Gasteiger partial charge in [-0.05, 0) is 30.7 Å². The lowest BCUT2D eigenvalue weighted by molar-refractivity contribution is -0.121. The molecule has 17 heavy (non-hydrogen) atoms. The van der Waals surface area contributed by atoms with Gasteiger partial charge in [0.2, 0.25) is 5.91 Å². The van der Waals surface area contributed by atoms with Crippen molar-refractivity contribution in [3.8, 4) is 5.75 Å². The molecule has 4 nitrogen and oxygen atoms in total. The smallest absolute Gasteiger partial charge is 0.221 e. The van der Waals surface area contributed by atoms with E-state index in [0.717, 1.165) is 18.7 Å². The first-order chi connectivity index (χ1) is 8.13. The molecule has 0 heterocycles. The molecule has 1 atom stereocenters. The Balaban J connectivity index is 2.24. The third-order valence-corrected chi connectivity index (χ3v) is 2.69. The number of nitrogens with two attached hydrogens (primary N) is 1. The van der Waals surface area contributed by atoms with Crippen LogP contribution in [0, 0.1) is 5.92 Å². The lowest BCUT2D eigenvalue weighted by Gasteiger charge is -2.09. The Morgan fingerprint density at radius 3 is 2.59 bits per heavy atom. The molecule has 1 unspecified atom stereocenters. The van der Waals surface area contributed by atoms with Gasteiger partial charge in [0.15, 0.2) is 0 Å². The first kappa shape index (κ1) is 13.5. The van der Waals surface area contributed by atoms with Crippen LogP contribution in [0.1, 0.15) is 12.5 Å². The predicted octanol–water partition coefficient (Wildman–Crippen LogP) is 0.949. The highest BCUT2D eigenvalue weighted by molar-refractivity contribution is 5.76. The number of carbonyl (C=O) groups excluding carboxylic acids is 1. The van der Waals surface area contributed by atoms with E-state index in [2.05, 4.69) is 5.32 Å². The van der Waals surface area contributed by atoms with Gasteiger partial charge in [-0.25, -0.2) is 0 Å². The maximum Gasteiger partial charge on any atom is 0.221 e. The van der Waals surface area contributed by atoms with E-state index >= 15 is 0 Å². The van der Waals surface area contributed by atoms with Crippen molar-refractivity contribution >= 4 is 5.91 Å². The van der Waals surface area contributed by atoms with Gasteiger partial charge in [-0.2, -0.15) is 0 Å². The van der Waals surface area contributed by atoms with Crippen molar-refractivity contribution in [2.24, 2.45) is 11.7 Å². The Hall–Kier alpha value is -1.55. The minimum Gasteiger partial charge on any atom is -0.497 e. The summed E-state index contributed by atoms with van der Waals surface area (Å²) in [4.78, 5) is 10.8. The van der Waals surface area contributed by atoms with Gasteiger partial charge in [0.05, 0.1) is 7.11 Å². The average molecular weight is 236 g/mol. The number of amides is 1. The molecule has 3 N–H and O–H groups in total. The molecule has 0 aromatic heterocycles. The maximum atomic E-state index is 10.8. The molecule has 0 radical (unpaired) electrons. The van der Waals surface area contributed by atoms with Crippen LogP contribution in [0.3, 0.4) is 0 Å². The van der Waals surface area contributed by atoms with Crippen LogP contribution in [0.2, 0.25) is 0 Å². The van der Waals surface area contributed by atoms with E-state index in [-0.39, 0.29) is 11.8 Å². The van der Waals surface area contributed by atoms with Crippen molar-refractivity contribution in [2.75, 3.05) is 20.2 Å². The van der Waals surface area contributed by atoms with Gasteiger partial charge >= 0.3 is 0 Å². The van der Waals surface area contributed by atoms with Gasteiger partial charge in [0.1, 0.15) is 5.75 Å². The molecular weight excluding hydrogens is 216 g/mol. The van der Waals surface area contributed by atoms with Gasteiger partial charge in [0, 0.05) is 12.5 Å². The van der Waals surface area contributed by atoms with Crippen molar-refractivity contribution in [2.45, 2.75) is 13.3 Å². The Morgan fingerprint density at radius 1 is 1.41 bits per heavy atom. The summed E-state index contributed by atoms with van der Waals surface area (Å²) in [6, 6.07) is 7.97. The summed E-state index contributed by atoms with van der Waals surface area (Å²) in [7, 11) is 1.65. The van der Waals surface area contributed by atoms with E-state index in [1.54, 1.807) is 7.11 Å². The topological polar surface area (TPSA) is 64.3 Å². The number of methoxy groups -OCH3 is 1. The van der Waals surface area contributed by atoms with E-state index in [1.165, 1.54) is 5.56 Å². The van der Waals surface area contributed by atoms with Crippen LogP contribution in [-0.4, -0.2) is 26.1 Å². The van der Waals surface area contributed by atoms with Crippen LogP contribution in [0.4, 0.5) is 0 Å². The van der Waals surface area contributed by atoms with Crippen LogP contribution in [0.15, 0.2) is 24.3 Å². The molecule has 94 valence electrons. The van der Waals surface area contributed by atoms with Crippen molar-refractivity contribution in [3.05, 3.63) is 29.8 Å². The van der Waals surface area contributed by atoms with Crippen molar-refractivity contribution in [1.29, 1.82) is 0 Å². The fourth-order valence-corrected chi connectivity index (χ4v) is 1.44. The zero-order chi connectivity index (χ0) is 12.7. The fourth-order valence-electron chi connectivity index (χ4n) is 1.44. The molecule has 0 spiro atoms. The molecule has 0 saturated carbocycles. The predicted molar refractivity (Wildman–Crippen MR) is 67.9 cm³/mol.